The Balaban J connectivity index is 2.05. The van der Waals surface area contributed by atoms with Crippen LogP contribution in [0.4, 0.5) is 5.69 Å². The first kappa shape index (κ1) is 13.0. The van der Waals surface area contributed by atoms with Crippen LogP contribution in [0.1, 0.15) is 11.1 Å². The van der Waals surface area contributed by atoms with Crippen LogP contribution in [0, 0.1) is 19.3 Å². The molecule has 1 N–H and O–H groups in total. The number of hydrogen-bond donors (Lipinski definition) is 1. The molecule has 19 heavy (non-hydrogen) atoms. The van der Waals surface area contributed by atoms with Crippen molar-refractivity contribution >= 4 is 5.69 Å². The SMILES string of the molecule is C#CCOc1ccccc1CNc1cccc(C)c1. The molecule has 0 atom stereocenters. The normalized spacial score (nSPS) is 9.68. The monoisotopic (exact) mass is 251 g/mol. The molecule has 0 unspecified atom stereocenters. The van der Waals surface area contributed by atoms with Gasteiger partial charge in [0, 0.05) is 17.8 Å². The van der Waals surface area contributed by atoms with E-state index >= 15 is 0 Å². The Hall–Kier alpha value is -2.40. The summed E-state index contributed by atoms with van der Waals surface area (Å²) in [6.45, 7) is 3.08. The lowest BCUT2D eigenvalue weighted by Crippen LogP contribution is -2.03. The fraction of sp³-hybridized carbons (Fsp3) is 0.176. The molecule has 2 heteroatoms. The smallest absolute Gasteiger partial charge is 0.148 e. The molecule has 0 aromatic heterocycles. The van der Waals surface area contributed by atoms with E-state index in [2.05, 4.69) is 36.4 Å². The molecular formula is C17H17NO. The Labute approximate surface area is 114 Å². The molecule has 2 aromatic carbocycles. The molecule has 0 fully saturated rings. The van der Waals surface area contributed by atoms with Gasteiger partial charge < -0.3 is 10.1 Å². The molecule has 0 spiro atoms. The van der Waals surface area contributed by atoms with Crippen LogP contribution >= 0.6 is 0 Å². The van der Waals surface area contributed by atoms with Crippen LogP contribution in [0.2, 0.25) is 0 Å². The molecule has 0 amide bonds. The second-order valence-corrected chi connectivity index (χ2v) is 4.32. The lowest BCUT2D eigenvalue weighted by Gasteiger charge is -2.11. The first-order valence-corrected chi connectivity index (χ1v) is 6.24. The Bertz CT molecular complexity index is 584. The first-order valence-electron chi connectivity index (χ1n) is 6.24. The van der Waals surface area contributed by atoms with Crippen LogP contribution in [0.5, 0.6) is 5.75 Å². The molecule has 0 aliphatic carbocycles. The summed E-state index contributed by atoms with van der Waals surface area (Å²) in [5, 5.41) is 3.39. The van der Waals surface area contributed by atoms with Crippen LogP contribution in [0.25, 0.3) is 0 Å². The molecule has 0 bridgehead atoms. The topological polar surface area (TPSA) is 21.3 Å². The number of nitrogens with one attached hydrogen (secondary N) is 1. The molecule has 0 radical (unpaired) electrons. The molecule has 0 aliphatic heterocycles. The van der Waals surface area contributed by atoms with Crippen molar-refractivity contribution in [2.45, 2.75) is 13.5 Å². The number of aryl methyl sites for hydroxylation is 1. The summed E-state index contributed by atoms with van der Waals surface area (Å²) in [6, 6.07) is 16.2. The lowest BCUT2D eigenvalue weighted by molar-refractivity contribution is 0.366. The fourth-order valence-corrected chi connectivity index (χ4v) is 1.86. The van der Waals surface area contributed by atoms with Crippen molar-refractivity contribution in [1.82, 2.24) is 0 Å². The summed E-state index contributed by atoms with van der Waals surface area (Å²) in [7, 11) is 0. The third-order valence-corrected chi connectivity index (χ3v) is 2.78. The predicted octanol–water partition coefficient (Wildman–Crippen LogP) is 3.62. The van der Waals surface area contributed by atoms with Gasteiger partial charge in [-0.1, -0.05) is 36.3 Å². The van der Waals surface area contributed by atoms with Gasteiger partial charge in [-0.15, -0.1) is 6.42 Å². The van der Waals surface area contributed by atoms with E-state index in [0.717, 1.165) is 17.0 Å². The summed E-state index contributed by atoms with van der Waals surface area (Å²) >= 11 is 0. The summed E-state index contributed by atoms with van der Waals surface area (Å²) < 4.78 is 5.52. The average molecular weight is 251 g/mol. The van der Waals surface area contributed by atoms with Crippen molar-refractivity contribution in [1.29, 1.82) is 0 Å². The number of anilines is 1. The van der Waals surface area contributed by atoms with Crippen LogP contribution in [-0.2, 0) is 6.54 Å². The Morgan fingerprint density at radius 2 is 2.00 bits per heavy atom. The Morgan fingerprint density at radius 1 is 1.16 bits per heavy atom. The minimum Gasteiger partial charge on any atom is -0.481 e. The summed E-state index contributed by atoms with van der Waals surface area (Å²) in [4.78, 5) is 0. The van der Waals surface area contributed by atoms with Crippen molar-refractivity contribution in [3.63, 3.8) is 0 Å². The highest BCUT2D eigenvalue weighted by Crippen LogP contribution is 2.19. The van der Waals surface area contributed by atoms with Crippen LogP contribution in [-0.4, -0.2) is 6.61 Å². The van der Waals surface area contributed by atoms with E-state index in [-0.39, 0.29) is 0 Å². The highest BCUT2D eigenvalue weighted by Gasteiger charge is 2.02. The van der Waals surface area contributed by atoms with Crippen molar-refractivity contribution < 1.29 is 4.74 Å². The standard InChI is InChI=1S/C17H17NO/c1-3-11-19-17-10-5-4-8-15(17)13-18-16-9-6-7-14(2)12-16/h1,4-10,12,18H,11,13H2,2H3. The van der Waals surface area contributed by atoms with E-state index in [0.29, 0.717) is 13.2 Å². The third kappa shape index (κ3) is 3.79. The van der Waals surface area contributed by atoms with Crippen LogP contribution < -0.4 is 10.1 Å². The van der Waals surface area contributed by atoms with E-state index in [1.807, 2.05) is 30.3 Å². The van der Waals surface area contributed by atoms with E-state index in [4.69, 9.17) is 11.2 Å². The lowest BCUT2D eigenvalue weighted by atomic mass is 10.2. The Kier molecular flexibility index (Phi) is 4.47. The highest BCUT2D eigenvalue weighted by molar-refractivity contribution is 5.47. The van der Waals surface area contributed by atoms with Gasteiger partial charge in [-0.2, -0.15) is 0 Å². The highest BCUT2D eigenvalue weighted by atomic mass is 16.5. The van der Waals surface area contributed by atoms with Gasteiger partial charge in [-0.3, -0.25) is 0 Å². The molecule has 96 valence electrons. The predicted molar refractivity (Wildman–Crippen MR) is 79.3 cm³/mol. The van der Waals surface area contributed by atoms with Gasteiger partial charge >= 0.3 is 0 Å². The summed E-state index contributed by atoms with van der Waals surface area (Å²) in [5.41, 5.74) is 3.44. The van der Waals surface area contributed by atoms with Crippen molar-refractivity contribution in [2.75, 3.05) is 11.9 Å². The molecule has 0 aliphatic rings. The minimum absolute atomic E-state index is 0.293. The number of hydrogen-bond acceptors (Lipinski definition) is 2. The van der Waals surface area contributed by atoms with Crippen molar-refractivity contribution in [3.8, 4) is 18.1 Å². The number of benzene rings is 2. The zero-order valence-corrected chi connectivity index (χ0v) is 11.0. The number of terminal acetylenes is 1. The van der Waals surface area contributed by atoms with Crippen LogP contribution in [0.15, 0.2) is 48.5 Å². The molecule has 2 nitrogen and oxygen atoms in total. The van der Waals surface area contributed by atoms with E-state index in [9.17, 15) is 0 Å². The van der Waals surface area contributed by atoms with E-state index in [1.165, 1.54) is 5.56 Å². The average Bonchev–Trinajstić information content (AvgIpc) is 2.44. The first-order chi connectivity index (χ1) is 9.29. The largest absolute Gasteiger partial charge is 0.481 e. The van der Waals surface area contributed by atoms with Gasteiger partial charge in [0.2, 0.25) is 0 Å². The quantitative estimate of drug-likeness (QED) is 0.819. The zero-order valence-electron chi connectivity index (χ0n) is 11.0. The molecular weight excluding hydrogens is 234 g/mol. The van der Waals surface area contributed by atoms with Gasteiger partial charge in [0.25, 0.3) is 0 Å². The minimum atomic E-state index is 0.293. The maximum Gasteiger partial charge on any atom is 0.148 e. The second kappa shape index (κ2) is 6.51. The van der Waals surface area contributed by atoms with Crippen molar-refractivity contribution in [3.05, 3.63) is 59.7 Å². The molecule has 2 aromatic rings. The number of rotatable bonds is 5. The summed E-state index contributed by atoms with van der Waals surface area (Å²) in [5.74, 6) is 3.32. The van der Waals surface area contributed by atoms with E-state index in [1.54, 1.807) is 0 Å². The maximum absolute atomic E-state index is 5.52. The molecule has 2 rings (SSSR count). The maximum atomic E-state index is 5.52. The fourth-order valence-electron chi connectivity index (χ4n) is 1.86. The van der Waals surface area contributed by atoms with Crippen molar-refractivity contribution in [2.24, 2.45) is 0 Å². The van der Waals surface area contributed by atoms with Gasteiger partial charge in [0.1, 0.15) is 12.4 Å². The van der Waals surface area contributed by atoms with Gasteiger partial charge in [-0.05, 0) is 30.7 Å². The number of para-hydroxylation sites is 1. The second-order valence-electron chi connectivity index (χ2n) is 4.32. The summed E-state index contributed by atoms with van der Waals surface area (Å²) in [6.07, 6.45) is 5.22. The molecule has 0 saturated carbocycles. The van der Waals surface area contributed by atoms with E-state index < -0.39 is 0 Å². The van der Waals surface area contributed by atoms with Gasteiger partial charge in [-0.25, -0.2) is 0 Å². The van der Waals surface area contributed by atoms with Crippen LogP contribution in [0.3, 0.4) is 0 Å². The Morgan fingerprint density at radius 3 is 2.79 bits per heavy atom. The zero-order chi connectivity index (χ0) is 13.5. The third-order valence-electron chi connectivity index (χ3n) is 2.78. The molecule has 0 heterocycles. The van der Waals surface area contributed by atoms with Gasteiger partial charge in [0.15, 0.2) is 0 Å². The molecule has 0 saturated heterocycles. The number of ether oxygens (including phenoxy) is 1. The van der Waals surface area contributed by atoms with Gasteiger partial charge in [0.05, 0.1) is 0 Å².